The molecule has 2 heterocycles. The summed E-state index contributed by atoms with van der Waals surface area (Å²) in [5, 5.41) is 11.4. The molecule has 1 fully saturated rings. The topological polar surface area (TPSA) is 88.1 Å². The highest BCUT2D eigenvalue weighted by molar-refractivity contribution is 7.91. The van der Waals surface area contributed by atoms with Crippen LogP contribution in [0, 0.1) is 13.8 Å². The van der Waals surface area contributed by atoms with E-state index >= 15 is 0 Å². The average Bonchev–Trinajstić information content (AvgIpc) is 2.92. The van der Waals surface area contributed by atoms with Crippen LogP contribution in [0.5, 0.6) is 0 Å². The van der Waals surface area contributed by atoms with Gasteiger partial charge < -0.3 is 10.2 Å². The van der Waals surface area contributed by atoms with Crippen molar-refractivity contribution in [2.75, 3.05) is 28.3 Å². The van der Waals surface area contributed by atoms with E-state index in [2.05, 4.69) is 46.5 Å². The fourth-order valence-corrected chi connectivity index (χ4v) is 4.76. The molecule has 0 bridgehead atoms. The minimum absolute atomic E-state index is 0.0892. The van der Waals surface area contributed by atoms with Crippen molar-refractivity contribution in [1.29, 1.82) is 0 Å². The average molecular weight is 361 g/mol. The Morgan fingerprint density at radius 1 is 1.28 bits per heavy atom. The van der Waals surface area contributed by atoms with Gasteiger partial charge in [-0.3, -0.25) is 0 Å². The third-order valence-corrected chi connectivity index (χ3v) is 6.32. The van der Waals surface area contributed by atoms with E-state index in [-0.39, 0.29) is 17.5 Å². The van der Waals surface area contributed by atoms with Crippen LogP contribution >= 0.6 is 0 Å². The zero-order valence-corrected chi connectivity index (χ0v) is 15.5. The molecule has 1 atom stereocenters. The number of nitrogens with zero attached hydrogens (tertiary/aromatic N) is 4. The molecule has 8 heteroatoms. The Bertz CT molecular complexity index is 869. The second-order valence-electron chi connectivity index (χ2n) is 6.41. The Kier molecular flexibility index (Phi) is 4.89. The van der Waals surface area contributed by atoms with Gasteiger partial charge in [0, 0.05) is 18.3 Å². The lowest BCUT2D eigenvalue weighted by atomic mass is 10.1. The number of rotatable bonds is 5. The van der Waals surface area contributed by atoms with Crippen LogP contribution in [0.4, 0.5) is 17.5 Å². The van der Waals surface area contributed by atoms with Gasteiger partial charge in [0.2, 0.25) is 5.95 Å². The predicted molar refractivity (Wildman–Crippen MR) is 99.1 cm³/mol. The van der Waals surface area contributed by atoms with Crippen LogP contribution in [0.15, 0.2) is 24.4 Å². The summed E-state index contributed by atoms with van der Waals surface area (Å²) in [6.45, 7) is 6.73. The van der Waals surface area contributed by atoms with Crippen LogP contribution in [0.1, 0.15) is 24.5 Å². The molecule has 3 rings (SSSR count). The summed E-state index contributed by atoms with van der Waals surface area (Å²) in [6.07, 6.45) is 2.17. The van der Waals surface area contributed by atoms with E-state index in [4.69, 9.17) is 0 Å². The quantitative estimate of drug-likeness (QED) is 0.874. The molecule has 0 aliphatic carbocycles. The molecule has 1 unspecified atom stereocenters. The number of anilines is 3. The Hall–Kier alpha value is -2.22. The molecule has 0 amide bonds. The van der Waals surface area contributed by atoms with Crippen LogP contribution in [0.2, 0.25) is 0 Å². The third kappa shape index (κ3) is 4.07. The number of hydrogen-bond donors (Lipinski definition) is 1. The summed E-state index contributed by atoms with van der Waals surface area (Å²) in [5.41, 5.74) is 3.35. The lowest BCUT2D eigenvalue weighted by Gasteiger charge is -2.26. The van der Waals surface area contributed by atoms with Gasteiger partial charge in [0.15, 0.2) is 15.7 Å². The number of sulfone groups is 1. The van der Waals surface area contributed by atoms with Crippen LogP contribution in [0.25, 0.3) is 0 Å². The smallest absolute Gasteiger partial charge is 0.247 e. The molecular weight excluding hydrogens is 338 g/mol. The predicted octanol–water partition coefficient (Wildman–Crippen LogP) is 2.25. The molecule has 2 aromatic rings. The van der Waals surface area contributed by atoms with E-state index < -0.39 is 9.84 Å². The van der Waals surface area contributed by atoms with Crippen molar-refractivity contribution in [3.8, 4) is 0 Å². The van der Waals surface area contributed by atoms with Crippen molar-refractivity contribution in [2.45, 2.75) is 33.2 Å². The first kappa shape index (κ1) is 17.6. The van der Waals surface area contributed by atoms with Crippen molar-refractivity contribution < 1.29 is 8.42 Å². The number of aryl methyl sites for hydroxylation is 2. The van der Waals surface area contributed by atoms with Gasteiger partial charge in [0.25, 0.3) is 0 Å². The van der Waals surface area contributed by atoms with Gasteiger partial charge >= 0.3 is 0 Å². The Morgan fingerprint density at radius 2 is 2.08 bits per heavy atom. The number of benzene rings is 1. The number of aromatic nitrogens is 3. The molecule has 1 aromatic carbocycles. The Labute approximate surface area is 148 Å². The Balaban J connectivity index is 1.81. The fraction of sp³-hybridized carbons (Fsp3) is 0.471. The summed E-state index contributed by atoms with van der Waals surface area (Å²) >= 11 is 0. The normalized spacial score (nSPS) is 18.9. The van der Waals surface area contributed by atoms with Gasteiger partial charge in [-0.2, -0.15) is 10.1 Å². The molecule has 7 nitrogen and oxygen atoms in total. The second kappa shape index (κ2) is 6.95. The van der Waals surface area contributed by atoms with E-state index in [0.717, 1.165) is 5.69 Å². The first-order valence-electron chi connectivity index (χ1n) is 8.39. The second-order valence-corrected chi connectivity index (χ2v) is 8.64. The highest BCUT2D eigenvalue weighted by Gasteiger charge is 2.33. The SMILES string of the molecule is CCN(c1nncc(Nc2ccc(C)c(C)c2)n1)C1CCS(=O)(=O)C1. The molecule has 0 spiro atoms. The van der Waals surface area contributed by atoms with E-state index in [1.807, 2.05) is 17.9 Å². The van der Waals surface area contributed by atoms with E-state index in [0.29, 0.717) is 24.7 Å². The molecule has 0 radical (unpaired) electrons. The largest absolute Gasteiger partial charge is 0.339 e. The zero-order valence-electron chi connectivity index (χ0n) is 14.7. The maximum atomic E-state index is 11.8. The van der Waals surface area contributed by atoms with Crippen molar-refractivity contribution >= 4 is 27.3 Å². The molecule has 134 valence electrons. The van der Waals surface area contributed by atoms with E-state index in [1.165, 1.54) is 11.1 Å². The van der Waals surface area contributed by atoms with Gasteiger partial charge in [0.1, 0.15) is 0 Å². The minimum Gasteiger partial charge on any atom is -0.339 e. The summed E-state index contributed by atoms with van der Waals surface area (Å²) < 4.78 is 23.5. The molecule has 1 aromatic heterocycles. The monoisotopic (exact) mass is 361 g/mol. The maximum absolute atomic E-state index is 11.8. The van der Waals surface area contributed by atoms with E-state index in [1.54, 1.807) is 6.20 Å². The van der Waals surface area contributed by atoms with Gasteiger partial charge in [-0.1, -0.05) is 6.07 Å². The minimum atomic E-state index is -2.96. The summed E-state index contributed by atoms with van der Waals surface area (Å²) in [5.74, 6) is 1.42. The summed E-state index contributed by atoms with van der Waals surface area (Å²) in [4.78, 5) is 6.45. The summed E-state index contributed by atoms with van der Waals surface area (Å²) in [7, 11) is -2.96. The molecule has 1 saturated heterocycles. The van der Waals surface area contributed by atoms with Gasteiger partial charge in [-0.15, -0.1) is 5.10 Å². The van der Waals surface area contributed by atoms with E-state index in [9.17, 15) is 8.42 Å². The van der Waals surface area contributed by atoms with Crippen molar-refractivity contribution in [3.63, 3.8) is 0 Å². The highest BCUT2D eigenvalue weighted by atomic mass is 32.2. The van der Waals surface area contributed by atoms with Crippen molar-refractivity contribution in [3.05, 3.63) is 35.5 Å². The first-order valence-corrected chi connectivity index (χ1v) is 10.2. The fourth-order valence-electron chi connectivity index (χ4n) is 3.03. The molecule has 0 saturated carbocycles. The Morgan fingerprint density at radius 3 is 2.72 bits per heavy atom. The number of nitrogens with one attached hydrogen (secondary N) is 1. The van der Waals surface area contributed by atoms with Crippen LogP contribution in [-0.4, -0.2) is 47.7 Å². The van der Waals surface area contributed by atoms with Crippen LogP contribution < -0.4 is 10.2 Å². The molecule has 1 aliphatic rings. The highest BCUT2D eigenvalue weighted by Crippen LogP contribution is 2.23. The molecule has 1 aliphatic heterocycles. The van der Waals surface area contributed by atoms with Crippen molar-refractivity contribution in [1.82, 2.24) is 15.2 Å². The zero-order chi connectivity index (χ0) is 18.0. The van der Waals surface area contributed by atoms with Gasteiger partial charge in [0.05, 0.1) is 17.7 Å². The molecular formula is C17H23N5O2S. The maximum Gasteiger partial charge on any atom is 0.247 e. The van der Waals surface area contributed by atoms with Crippen LogP contribution in [0.3, 0.4) is 0 Å². The van der Waals surface area contributed by atoms with Gasteiger partial charge in [-0.05, 0) is 50.5 Å². The van der Waals surface area contributed by atoms with Gasteiger partial charge in [-0.25, -0.2) is 8.42 Å². The lowest BCUT2D eigenvalue weighted by Crippen LogP contribution is -2.37. The lowest BCUT2D eigenvalue weighted by molar-refractivity contribution is 0.598. The van der Waals surface area contributed by atoms with Crippen molar-refractivity contribution in [2.24, 2.45) is 0 Å². The number of hydrogen-bond acceptors (Lipinski definition) is 7. The third-order valence-electron chi connectivity index (χ3n) is 4.57. The molecule has 1 N–H and O–H groups in total. The molecule has 25 heavy (non-hydrogen) atoms. The first-order chi connectivity index (χ1) is 11.9. The standard InChI is InChI=1S/C17H23N5O2S/c1-4-22(15-7-8-25(23,24)11-15)17-20-16(10-18-21-17)19-14-6-5-12(2)13(3)9-14/h5-6,9-10,15H,4,7-8,11H2,1-3H3,(H,19,20,21). The summed E-state index contributed by atoms with van der Waals surface area (Å²) in [6, 6.07) is 6.01. The van der Waals surface area contributed by atoms with Crippen LogP contribution in [-0.2, 0) is 9.84 Å².